The zero-order valence-corrected chi connectivity index (χ0v) is 16.3. The van der Waals surface area contributed by atoms with Crippen molar-refractivity contribution in [3.63, 3.8) is 0 Å². The van der Waals surface area contributed by atoms with Gasteiger partial charge in [0.1, 0.15) is 29.3 Å². The number of rotatable bonds is 6. The van der Waals surface area contributed by atoms with Gasteiger partial charge in [-0.05, 0) is 79.0 Å². The molecular formula is C23H23F3N2O2. The highest BCUT2D eigenvalue weighted by atomic mass is 19.1. The smallest absolute Gasteiger partial charge is 0.150 e. The lowest BCUT2D eigenvalue weighted by atomic mass is 9.70. The summed E-state index contributed by atoms with van der Waals surface area (Å²) in [7, 11) is 0. The van der Waals surface area contributed by atoms with Gasteiger partial charge in [-0.1, -0.05) is 0 Å². The summed E-state index contributed by atoms with van der Waals surface area (Å²) >= 11 is 0. The number of aliphatic hydroxyl groups excluding tert-OH is 1. The minimum Gasteiger partial charge on any atom is -0.386 e. The minimum absolute atomic E-state index is 0.0907. The van der Waals surface area contributed by atoms with Crippen LogP contribution in [-0.2, 0) is 0 Å². The second-order valence-corrected chi connectivity index (χ2v) is 8.68. The summed E-state index contributed by atoms with van der Waals surface area (Å²) in [4.78, 5) is 3.08. The fourth-order valence-corrected chi connectivity index (χ4v) is 4.52. The number of hydrogen-bond donors (Lipinski definition) is 4. The molecule has 2 saturated carbocycles. The molecule has 5 rings (SSSR count). The highest BCUT2D eigenvalue weighted by molar-refractivity contribution is 5.92. The number of aromatic amines is 1. The van der Waals surface area contributed by atoms with Crippen molar-refractivity contribution >= 4 is 10.9 Å². The van der Waals surface area contributed by atoms with Gasteiger partial charge in [-0.3, -0.25) is 5.32 Å². The Labute approximate surface area is 171 Å². The van der Waals surface area contributed by atoms with Crippen LogP contribution in [-0.4, -0.2) is 33.6 Å². The minimum atomic E-state index is -0.995. The molecule has 1 atom stereocenters. The average Bonchev–Trinajstić information content (AvgIpc) is 3.32. The van der Waals surface area contributed by atoms with Gasteiger partial charge >= 0.3 is 0 Å². The Morgan fingerprint density at radius 1 is 1.07 bits per heavy atom. The van der Waals surface area contributed by atoms with Gasteiger partial charge in [-0.15, -0.1) is 0 Å². The maximum Gasteiger partial charge on any atom is 0.150 e. The number of aliphatic hydroxyl groups is 2. The summed E-state index contributed by atoms with van der Waals surface area (Å²) in [6, 6.07) is 8.15. The molecule has 1 aromatic heterocycles. The van der Waals surface area contributed by atoms with E-state index in [0.29, 0.717) is 30.5 Å². The lowest BCUT2D eigenvalue weighted by Gasteiger charge is -2.37. The first kappa shape index (κ1) is 19.6. The van der Waals surface area contributed by atoms with Crippen molar-refractivity contribution in [2.75, 3.05) is 6.54 Å². The van der Waals surface area contributed by atoms with Crippen LogP contribution in [0.15, 0.2) is 36.4 Å². The van der Waals surface area contributed by atoms with E-state index in [-0.39, 0.29) is 23.2 Å². The number of halogens is 3. The molecule has 0 saturated heterocycles. The van der Waals surface area contributed by atoms with E-state index in [0.717, 1.165) is 30.0 Å². The summed E-state index contributed by atoms with van der Waals surface area (Å²) in [6.45, 7) is 0.566. The maximum atomic E-state index is 14.4. The molecule has 2 aliphatic carbocycles. The van der Waals surface area contributed by atoms with E-state index in [1.807, 2.05) is 0 Å². The van der Waals surface area contributed by atoms with E-state index in [9.17, 15) is 23.4 Å². The molecule has 7 heteroatoms. The molecule has 3 aromatic rings. The Balaban J connectivity index is 1.42. The van der Waals surface area contributed by atoms with E-state index in [1.54, 1.807) is 12.1 Å². The number of fused-ring (bicyclic) bond motifs is 1. The van der Waals surface area contributed by atoms with Crippen LogP contribution in [0.5, 0.6) is 0 Å². The number of H-pyrrole nitrogens is 1. The number of nitrogens with one attached hydrogen (secondary N) is 2. The standard InChI is InChI=1S/C23H23F3N2O2/c24-15-3-1-13(2-4-15)20-19(17-9-16(25)10-18(26)21(17)28-20)14-7-12(8-14)11-27-22(29)23(30)5-6-23/h1-4,9-10,12,14,22,27-30H,5-8,11H2/t12-,14-,22?. The molecule has 0 amide bonds. The zero-order valence-electron chi connectivity index (χ0n) is 16.3. The summed E-state index contributed by atoms with van der Waals surface area (Å²) < 4.78 is 41.8. The topological polar surface area (TPSA) is 68.3 Å². The first-order valence-electron chi connectivity index (χ1n) is 10.2. The fraction of sp³-hybridized carbons (Fsp3) is 0.391. The highest BCUT2D eigenvalue weighted by Crippen LogP contribution is 2.48. The Kier molecular flexibility index (Phi) is 4.65. The Morgan fingerprint density at radius 3 is 2.43 bits per heavy atom. The molecule has 1 unspecified atom stereocenters. The van der Waals surface area contributed by atoms with Crippen molar-refractivity contribution in [3.05, 3.63) is 59.4 Å². The van der Waals surface area contributed by atoms with E-state index in [4.69, 9.17) is 0 Å². The molecule has 0 radical (unpaired) electrons. The van der Waals surface area contributed by atoms with Crippen LogP contribution in [0.1, 0.15) is 37.2 Å². The van der Waals surface area contributed by atoms with Crippen molar-refractivity contribution in [1.29, 1.82) is 0 Å². The molecule has 158 valence electrons. The lowest BCUT2D eigenvalue weighted by molar-refractivity contribution is -0.0246. The van der Waals surface area contributed by atoms with Crippen molar-refractivity contribution in [1.82, 2.24) is 10.3 Å². The third-order valence-electron chi connectivity index (χ3n) is 6.51. The van der Waals surface area contributed by atoms with E-state index < -0.39 is 23.5 Å². The molecule has 30 heavy (non-hydrogen) atoms. The van der Waals surface area contributed by atoms with Crippen molar-refractivity contribution < 1.29 is 23.4 Å². The number of hydrogen-bond acceptors (Lipinski definition) is 3. The molecule has 0 aliphatic heterocycles. The van der Waals surface area contributed by atoms with Crippen molar-refractivity contribution in [3.8, 4) is 11.3 Å². The lowest BCUT2D eigenvalue weighted by Crippen LogP contribution is -2.45. The van der Waals surface area contributed by atoms with Gasteiger partial charge in [0.15, 0.2) is 0 Å². The van der Waals surface area contributed by atoms with Crippen LogP contribution in [0.3, 0.4) is 0 Å². The average molecular weight is 416 g/mol. The van der Waals surface area contributed by atoms with Gasteiger partial charge in [-0.25, -0.2) is 13.2 Å². The van der Waals surface area contributed by atoms with Crippen molar-refractivity contribution in [2.45, 2.75) is 43.4 Å². The Bertz CT molecular complexity index is 1090. The molecular weight excluding hydrogens is 393 g/mol. The quantitative estimate of drug-likeness (QED) is 0.456. The summed E-state index contributed by atoms with van der Waals surface area (Å²) in [5.41, 5.74) is 1.49. The molecule has 4 nitrogen and oxygen atoms in total. The molecule has 2 aliphatic rings. The monoisotopic (exact) mass is 416 g/mol. The fourth-order valence-electron chi connectivity index (χ4n) is 4.52. The van der Waals surface area contributed by atoms with Gasteiger partial charge in [-0.2, -0.15) is 0 Å². The third kappa shape index (κ3) is 3.41. The van der Waals surface area contributed by atoms with Crippen LogP contribution in [0.25, 0.3) is 22.2 Å². The van der Waals surface area contributed by atoms with E-state index in [2.05, 4.69) is 10.3 Å². The van der Waals surface area contributed by atoms with Gasteiger partial charge in [0, 0.05) is 18.0 Å². The van der Waals surface area contributed by atoms with Crippen LogP contribution in [0, 0.1) is 23.4 Å². The van der Waals surface area contributed by atoms with Crippen LogP contribution >= 0.6 is 0 Å². The molecule has 0 spiro atoms. The summed E-state index contributed by atoms with van der Waals surface area (Å²) in [5.74, 6) is -1.27. The first-order valence-corrected chi connectivity index (χ1v) is 10.2. The molecule has 1 heterocycles. The predicted molar refractivity (Wildman–Crippen MR) is 107 cm³/mol. The summed E-state index contributed by atoms with van der Waals surface area (Å²) in [5, 5.41) is 23.5. The first-order chi connectivity index (χ1) is 14.3. The summed E-state index contributed by atoms with van der Waals surface area (Å²) in [6.07, 6.45) is 1.85. The van der Waals surface area contributed by atoms with E-state index in [1.165, 1.54) is 18.2 Å². The highest BCUT2D eigenvalue weighted by Gasteiger charge is 2.47. The second kappa shape index (κ2) is 7.11. The second-order valence-electron chi connectivity index (χ2n) is 8.68. The SMILES string of the molecule is OC(NC[C@H]1C[C@H](c2c(-c3ccc(F)cc3)[nH]c3c(F)cc(F)cc32)C1)C1(O)CC1. The Morgan fingerprint density at radius 2 is 1.77 bits per heavy atom. The molecule has 0 bridgehead atoms. The van der Waals surface area contributed by atoms with Gasteiger partial charge in [0.2, 0.25) is 0 Å². The van der Waals surface area contributed by atoms with Crippen LogP contribution < -0.4 is 5.32 Å². The number of benzene rings is 2. The largest absolute Gasteiger partial charge is 0.386 e. The normalized spacial score (nSPS) is 23.4. The molecule has 2 aromatic carbocycles. The van der Waals surface area contributed by atoms with Gasteiger partial charge in [0.05, 0.1) is 11.2 Å². The zero-order chi connectivity index (χ0) is 21.0. The van der Waals surface area contributed by atoms with E-state index >= 15 is 0 Å². The molecule has 2 fully saturated rings. The van der Waals surface area contributed by atoms with Gasteiger partial charge < -0.3 is 15.2 Å². The van der Waals surface area contributed by atoms with Gasteiger partial charge in [0.25, 0.3) is 0 Å². The van der Waals surface area contributed by atoms with Crippen molar-refractivity contribution in [2.24, 2.45) is 5.92 Å². The maximum absolute atomic E-state index is 14.4. The van der Waals surface area contributed by atoms with Crippen LogP contribution in [0.4, 0.5) is 13.2 Å². The molecule has 4 N–H and O–H groups in total. The predicted octanol–water partition coefficient (Wildman–Crippen LogP) is 4.18. The van der Waals surface area contributed by atoms with Crippen LogP contribution in [0.2, 0.25) is 0 Å². The number of aromatic nitrogens is 1. The Hall–Kier alpha value is -2.35. The third-order valence-corrected chi connectivity index (χ3v) is 6.51.